The lowest BCUT2D eigenvalue weighted by molar-refractivity contribution is -0.113. The SMILES string of the molecule is Cc1cc(NC(=O)CSCc2ccccc2)n(-c2nc(-c3ccco3)cs2)n1. The zero-order valence-electron chi connectivity index (χ0n) is 15.2. The molecule has 0 aliphatic rings. The number of benzene rings is 1. The first-order valence-electron chi connectivity index (χ1n) is 8.67. The Kier molecular flexibility index (Phi) is 5.59. The Hall–Kier alpha value is -2.84. The van der Waals surface area contributed by atoms with E-state index < -0.39 is 0 Å². The molecule has 3 aromatic heterocycles. The minimum Gasteiger partial charge on any atom is -0.463 e. The highest BCUT2D eigenvalue weighted by Crippen LogP contribution is 2.26. The minimum atomic E-state index is -0.0649. The summed E-state index contributed by atoms with van der Waals surface area (Å²) in [4.78, 5) is 17.0. The molecule has 142 valence electrons. The number of amides is 1. The summed E-state index contributed by atoms with van der Waals surface area (Å²) in [5.74, 6) is 2.42. The number of rotatable bonds is 7. The zero-order valence-corrected chi connectivity index (χ0v) is 16.8. The van der Waals surface area contributed by atoms with Crippen LogP contribution < -0.4 is 5.32 Å². The van der Waals surface area contributed by atoms with Crippen LogP contribution in [0.4, 0.5) is 5.82 Å². The normalized spacial score (nSPS) is 10.9. The maximum absolute atomic E-state index is 12.4. The topological polar surface area (TPSA) is 73.0 Å². The van der Waals surface area contributed by atoms with Crippen molar-refractivity contribution in [2.24, 2.45) is 0 Å². The molecule has 0 fully saturated rings. The fraction of sp³-hybridized carbons (Fsp3) is 0.150. The third kappa shape index (κ3) is 4.35. The van der Waals surface area contributed by atoms with Crippen LogP contribution in [-0.4, -0.2) is 26.4 Å². The lowest BCUT2D eigenvalue weighted by Gasteiger charge is -2.06. The number of hydrogen-bond acceptors (Lipinski definition) is 6. The summed E-state index contributed by atoms with van der Waals surface area (Å²) < 4.78 is 7.05. The van der Waals surface area contributed by atoms with Crippen LogP contribution in [-0.2, 0) is 10.5 Å². The van der Waals surface area contributed by atoms with Gasteiger partial charge in [0.2, 0.25) is 11.0 Å². The van der Waals surface area contributed by atoms with Gasteiger partial charge in [0, 0.05) is 17.2 Å². The molecular weight excluding hydrogens is 392 g/mol. The highest BCUT2D eigenvalue weighted by molar-refractivity contribution is 7.99. The Morgan fingerprint density at radius 2 is 2.11 bits per heavy atom. The summed E-state index contributed by atoms with van der Waals surface area (Å²) in [5, 5.41) is 10.00. The van der Waals surface area contributed by atoms with E-state index in [1.807, 2.05) is 48.7 Å². The number of nitrogens with one attached hydrogen (secondary N) is 1. The fourth-order valence-corrected chi connectivity index (χ4v) is 4.21. The number of nitrogens with zero attached hydrogens (tertiary/aromatic N) is 3. The third-order valence-corrected chi connectivity index (χ3v) is 5.71. The van der Waals surface area contributed by atoms with Gasteiger partial charge in [0.25, 0.3) is 0 Å². The molecule has 0 saturated heterocycles. The number of carbonyl (C=O) groups is 1. The number of anilines is 1. The van der Waals surface area contributed by atoms with Crippen molar-refractivity contribution in [1.29, 1.82) is 0 Å². The Balaban J connectivity index is 1.42. The molecule has 0 radical (unpaired) electrons. The molecule has 0 bridgehead atoms. The van der Waals surface area contributed by atoms with Gasteiger partial charge in [-0.15, -0.1) is 23.1 Å². The molecule has 0 aliphatic carbocycles. The zero-order chi connectivity index (χ0) is 19.3. The van der Waals surface area contributed by atoms with Crippen molar-refractivity contribution in [3.63, 3.8) is 0 Å². The molecule has 0 aliphatic heterocycles. The Bertz CT molecular complexity index is 1060. The summed E-state index contributed by atoms with van der Waals surface area (Å²) in [6, 6.07) is 15.6. The third-order valence-electron chi connectivity index (χ3n) is 3.89. The van der Waals surface area contributed by atoms with Gasteiger partial charge in [-0.2, -0.15) is 9.78 Å². The van der Waals surface area contributed by atoms with Crippen LogP contribution >= 0.6 is 23.1 Å². The van der Waals surface area contributed by atoms with Crippen molar-refractivity contribution in [3.05, 3.63) is 71.4 Å². The summed E-state index contributed by atoms with van der Waals surface area (Å²) >= 11 is 3.02. The van der Waals surface area contributed by atoms with Crippen LogP contribution in [0.15, 0.2) is 64.6 Å². The van der Waals surface area contributed by atoms with Crippen molar-refractivity contribution >= 4 is 34.8 Å². The van der Waals surface area contributed by atoms with E-state index in [4.69, 9.17) is 4.42 Å². The number of carbonyl (C=O) groups excluding carboxylic acids is 1. The molecule has 8 heteroatoms. The summed E-state index contributed by atoms with van der Waals surface area (Å²) in [6.07, 6.45) is 1.62. The van der Waals surface area contributed by atoms with Crippen molar-refractivity contribution < 1.29 is 9.21 Å². The second-order valence-electron chi connectivity index (χ2n) is 6.10. The minimum absolute atomic E-state index is 0.0649. The smallest absolute Gasteiger partial charge is 0.235 e. The highest BCUT2D eigenvalue weighted by atomic mass is 32.2. The first-order chi connectivity index (χ1) is 13.7. The van der Waals surface area contributed by atoms with Crippen LogP contribution in [0.2, 0.25) is 0 Å². The molecule has 0 atom stereocenters. The van der Waals surface area contributed by atoms with Gasteiger partial charge < -0.3 is 9.73 Å². The average Bonchev–Trinajstić information content (AvgIpc) is 3.43. The van der Waals surface area contributed by atoms with Crippen LogP contribution in [0.1, 0.15) is 11.3 Å². The van der Waals surface area contributed by atoms with Gasteiger partial charge in [0.15, 0.2) is 5.76 Å². The number of furan rings is 1. The Morgan fingerprint density at radius 3 is 2.89 bits per heavy atom. The fourth-order valence-electron chi connectivity index (χ4n) is 2.65. The molecule has 1 N–H and O–H groups in total. The maximum Gasteiger partial charge on any atom is 0.235 e. The van der Waals surface area contributed by atoms with E-state index in [-0.39, 0.29) is 5.91 Å². The number of thiazole rings is 1. The number of thioether (sulfide) groups is 1. The quantitative estimate of drug-likeness (QED) is 0.475. The molecule has 6 nitrogen and oxygen atoms in total. The van der Waals surface area contributed by atoms with Crippen LogP contribution in [0.25, 0.3) is 16.6 Å². The van der Waals surface area contributed by atoms with E-state index in [0.29, 0.717) is 22.5 Å². The van der Waals surface area contributed by atoms with E-state index in [0.717, 1.165) is 17.1 Å². The first kappa shape index (κ1) is 18.5. The van der Waals surface area contributed by atoms with E-state index in [9.17, 15) is 4.79 Å². The van der Waals surface area contributed by atoms with Gasteiger partial charge >= 0.3 is 0 Å². The van der Waals surface area contributed by atoms with Crippen LogP contribution in [0.5, 0.6) is 0 Å². The van der Waals surface area contributed by atoms with Crippen molar-refractivity contribution in [3.8, 4) is 16.6 Å². The first-order valence-corrected chi connectivity index (χ1v) is 10.7. The van der Waals surface area contributed by atoms with Gasteiger partial charge in [-0.1, -0.05) is 30.3 Å². The maximum atomic E-state index is 12.4. The number of aromatic nitrogens is 3. The lowest BCUT2D eigenvalue weighted by Crippen LogP contribution is -2.17. The molecule has 0 unspecified atom stereocenters. The second-order valence-corrected chi connectivity index (χ2v) is 7.92. The molecule has 4 rings (SSSR count). The van der Waals surface area contributed by atoms with Crippen molar-refractivity contribution in [2.75, 3.05) is 11.1 Å². The van der Waals surface area contributed by atoms with E-state index in [1.54, 1.807) is 22.7 Å². The Labute approximate surface area is 170 Å². The Morgan fingerprint density at radius 1 is 1.25 bits per heavy atom. The number of hydrogen-bond donors (Lipinski definition) is 1. The summed E-state index contributed by atoms with van der Waals surface area (Å²) in [6.45, 7) is 1.89. The van der Waals surface area contributed by atoms with Crippen molar-refractivity contribution in [1.82, 2.24) is 14.8 Å². The average molecular weight is 411 g/mol. The van der Waals surface area contributed by atoms with Gasteiger partial charge in [0.1, 0.15) is 11.5 Å². The van der Waals surface area contributed by atoms with Gasteiger partial charge in [-0.3, -0.25) is 4.79 Å². The van der Waals surface area contributed by atoms with Crippen LogP contribution in [0, 0.1) is 6.92 Å². The van der Waals surface area contributed by atoms with Crippen LogP contribution in [0.3, 0.4) is 0 Å². The number of aryl methyl sites for hydroxylation is 1. The molecule has 3 heterocycles. The molecule has 1 aromatic carbocycles. The second kappa shape index (κ2) is 8.45. The predicted octanol–water partition coefficient (Wildman–Crippen LogP) is 4.77. The molecular formula is C20H18N4O2S2. The molecule has 0 saturated carbocycles. The van der Waals surface area contributed by atoms with E-state index in [2.05, 4.69) is 27.5 Å². The molecule has 4 aromatic rings. The summed E-state index contributed by atoms with van der Waals surface area (Å²) in [5.41, 5.74) is 2.75. The molecule has 0 spiro atoms. The van der Waals surface area contributed by atoms with Gasteiger partial charge in [-0.05, 0) is 24.6 Å². The van der Waals surface area contributed by atoms with E-state index in [1.165, 1.54) is 16.9 Å². The van der Waals surface area contributed by atoms with E-state index >= 15 is 0 Å². The predicted molar refractivity (Wildman–Crippen MR) is 113 cm³/mol. The highest BCUT2D eigenvalue weighted by Gasteiger charge is 2.15. The standard InChI is InChI=1S/C20H18N4O2S2/c1-14-10-18(22-19(25)13-27-11-15-6-3-2-4-7-15)24(23-14)20-21-16(12-28-20)17-8-5-9-26-17/h2-10,12H,11,13H2,1H3,(H,22,25). The monoisotopic (exact) mass is 410 g/mol. The summed E-state index contributed by atoms with van der Waals surface area (Å²) in [7, 11) is 0. The van der Waals surface area contributed by atoms with Gasteiger partial charge in [0.05, 0.1) is 17.7 Å². The lowest BCUT2D eigenvalue weighted by atomic mass is 10.2. The molecule has 28 heavy (non-hydrogen) atoms. The van der Waals surface area contributed by atoms with Crippen molar-refractivity contribution in [2.45, 2.75) is 12.7 Å². The van der Waals surface area contributed by atoms with Gasteiger partial charge in [-0.25, -0.2) is 4.98 Å². The molecule has 1 amide bonds. The largest absolute Gasteiger partial charge is 0.463 e.